The Morgan fingerprint density at radius 1 is 1.03 bits per heavy atom. The molecule has 1 aliphatic rings. The summed E-state index contributed by atoms with van der Waals surface area (Å²) in [5.41, 5.74) is 2.20. The zero-order chi connectivity index (χ0) is 21.3. The summed E-state index contributed by atoms with van der Waals surface area (Å²) in [5.74, 6) is 3.31. The molecule has 0 bridgehead atoms. The number of hydrogen-bond donors (Lipinski definition) is 2. The maximum atomic E-state index is 5.47. The van der Waals surface area contributed by atoms with Crippen LogP contribution in [0.2, 0.25) is 0 Å². The Labute approximate surface area is 178 Å². The SMILES string of the molecule is CN=C(NCc1ccnc(N2CCN(C)CC2)c1)NCc1ccc(OC)cc1OC. The fourth-order valence-corrected chi connectivity index (χ4v) is 3.36. The van der Waals surface area contributed by atoms with Gasteiger partial charge in [0, 0.05) is 64.1 Å². The van der Waals surface area contributed by atoms with Crippen molar-refractivity contribution in [3.8, 4) is 11.5 Å². The molecule has 3 rings (SSSR count). The lowest BCUT2D eigenvalue weighted by atomic mass is 10.2. The van der Waals surface area contributed by atoms with Crippen molar-refractivity contribution in [2.75, 3.05) is 59.4 Å². The molecule has 1 aromatic heterocycles. The van der Waals surface area contributed by atoms with Crippen LogP contribution in [0, 0.1) is 0 Å². The third-order valence-corrected chi connectivity index (χ3v) is 5.26. The molecule has 2 N–H and O–H groups in total. The molecule has 0 unspecified atom stereocenters. The van der Waals surface area contributed by atoms with Crippen LogP contribution in [0.5, 0.6) is 11.5 Å². The van der Waals surface area contributed by atoms with Gasteiger partial charge in [0.2, 0.25) is 0 Å². The topological polar surface area (TPSA) is 74.3 Å². The van der Waals surface area contributed by atoms with Crippen LogP contribution in [0.25, 0.3) is 0 Å². The van der Waals surface area contributed by atoms with E-state index < -0.39 is 0 Å². The molecule has 0 spiro atoms. The van der Waals surface area contributed by atoms with Gasteiger partial charge in [-0.2, -0.15) is 0 Å². The van der Waals surface area contributed by atoms with Crippen molar-refractivity contribution in [3.63, 3.8) is 0 Å². The minimum Gasteiger partial charge on any atom is -0.497 e. The van der Waals surface area contributed by atoms with Crippen LogP contribution in [0.3, 0.4) is 0 Å². The molecule has 1 aliphatic heterocycles. The summed E-state index contributed by atoms with van der Waals surface area (Å²) in [7, 11) is 7.23. The molecule has 8 nitrogen and oxygen atoms in total. The maximum absolute atomic E-state index is 5.47. The minimum absolute atomic E-state index is 0.593. The summed E-state index contributed by atoms with van der Waals surface area (Å²) in [6.45, 7) is 5.41. The van der Waals surface area contributed by atoms with Crippen LogP contribution in [0.1, 0.15) is 11.1 Å². The van der Waals surface area contributed by atoms with Gasteiger partial charge in [-0.25, -0.2) is 4.98 Å². The van der Waals surface area contributed by atoms with Gasteiger partial charge < -0.3 is 29.9 Å². The van der Waals surface area contributed by atoms with Crippen molar-refractivity contribution in [2.24, 2.45) is 4.99 Å². The van der Waals surface area contributed by atoms with E-state index in [2.05, 4.69) is 43.5 Å². The molecule has 2 heterocycles. The number of nitrogens with one attached hydrogen (secondary N) is 2. The van der Waals surface area contributed by atoms with Crippen molar-refractivity contribution in [2.45, 2.75) is 13.1 Å². The van der Waals surface area contributed by atoms with Gasteiger partial charge >= 0.3 is 0 Å². The first-order chi connectivity index (χ1) is 14.6. The molecule has 8 heteroatoms. The number of rotatable bonds is 7. The third kappa shape index (κ3) is 5.76. The Hall–Kier alpha value is -3.00. The molecule has 30 heavy (non-hydrogen) atoms. The van der Waals surface area contributed by atoms with Gasteiger partial charge in [-0.1, -0.05) is 0 Å². The second kappa shape index (κ2) is 10.7. The van der Waals surface area contributed by atoms with Crippen LogP contribution in [0.4, 0.5) is 5.82 Å². The van der Waals surface area contributed by atoms with Crippen molar-refractivity contribution >= 4 is 11.8 Å². The van der Waals surface area contributed by atoms with Gasteiger partial charge in [0.1, 0.15) is 17.3 Å². The maximum Gasteiger partial charge on any atom is 0.191 e. The van der Waals surface area contributed by atoms with Crippen molar-refractivity contribution in [3.05, 3.63) is 47.7 Å². The average molecular weight is 413 g/mol. The summed E-state index contributed by atoms with van der Waals surface area (Å²) in [6, 6.07) is 9.98. The summed E-state index contributed by atoms with van der Waals surface area (Å²) in [6.07, 6.45) is 1.88. The second-order valence-corrected chi connectivity index (χ2v) is 7.27. The first-order valence-electron chi connectivity index (χ1n) is 10.2. The quantitative estimate of drug-likeness (QED) is 0.530. The fraction of sp³-hybridized carbons (Fsp3) is 0.455. The molecule has 0 saturated carbocycles. The van der Waals surface area contributed by atoms with Crippen molar-refractivity contribution in [1.82, 2.24) is 20.5 Å². The van der Waals surface area contributed by atoms with Gasteiger partial charge in [0.05, 0.1) is 14.2 Å². The molecule has 0 amide bonds. The van der Waals surface area contributed by atoms with Crippen LogP contribution in [-0.4, -0.2) is 70.3 Å². The standard InChI is InChI=1S/C22H32N6O2/c1-23-22(26-16-18-5-6-19(29-3)14-20(18)30-4)25-15-17-7-8-24-21(13-17)28-11-9-27(2)10-12-28/h5-8,13-14H,9-12,15-16H2,1-4H3,(H2,23,25,26). The number of piperazine rings is 1. The molecular formula is C22H32N6O2. The number of guanidine groups is 1. The molecule has 0 radical (unpaired) electrons. The highest BCUT2D eigenvalue weighted by Gasteiger charge is 2.15. The largest absolute Gasteiger partial charge is 0.497 e. The lowest BCUT2D eigenvalue weighted by Gasteiger charge is -2.33. The second-order valence-electron chi connectivity index (χ2n) is 7.27. The van der Waals surface area contributed by atoms with E-state index in [1.54, 1.807) is 21.3 Å². The molecule has 2 aromatic rings. The lowest BCUT2D eigenvalue weighted by Crippen LogP contribution is -2.44. The van der Waals surface area contributed by atoms with E-state index >= 15 is 0 Å². The smallest absolute Gasteiger partial charge is 0.191 e. The van der Waals surface area contributed by atoms with Crippen molar-refractivity contribution < 1.29 is 9.47 Å². The van der Waals surface area contributed by atoms with E-state index in [9.17, 15) is 0 Å². The van der Waals surface area contributed by atoms with E-state index in [0.29, 0.717) is 13.1 Å². The van der Waals surface area contributed by atoms with Gasteiger partial charge in [-0.05, 0) is 36.9 Å². The third-order valence-electron chi connectivity index (χ3n) is 5.26. The molecule has 1 aromatic carbocycles. The van der Waals surface area contributed by atoms with Crippen LogP contribution in [-0.2, 0) is 13.1 Å². The van der Waals surface area contributed by atoms with Gasteiger partial charge in [-0.3, -0.25) is 4.99 Å². The molecule has 0 atom stereocenters. The number of ether oxygens (including phenoxy) is 2. The molecule has 162 valence electrons. The number of benzene rings is 1. The Bertz CT molecular complexity index is 849. The van der Waals surface area contributed by atoms with E-state index in [1.807, 2.05) is 30.5 Å². The van der Waals surface area contributed by atoms with Gasteiger partial charge in [0.25, 0.3) is 0 Å². The lowest BCUT2D eigenvalue weighted by molar-refractivity contribution is 0.312. The van der Waals surface area contributed by atoms with E-state index in [-0.39, 0.29) is 0 Å². The van der Waals surface area contributed by atoms with Crippen LogP contribution in [0.15, 0.2) is 41.5 Å². The molecule has 0 aliphatic carbocycles. The van der Waals surface area contributed by atoms with Crippen LogP contribution >= 0.6 is 0 Å². The monoisotopic (exact) mass is 412 g/mol. The molecule has 1 fully saturated rings. The number of hydrogen-bond acceptors (Lipinski definition) is 6. The minimum atomic E-state index is 0.593. The number of aliphatic imine (C=N–C) groups is 1. The number of nitrogens with zero attached hydrogens (tertiary/aromatic N) is 4. The summed E-state index contributed by atoms with van der Waals surface area (Å²) in [4.78, 5) is 13.6. The normalized spacial score (nSPS) is 15.1. The van der Waals surface area contributed by atoms with Crippen molar-refractivity contribution in [1.29, 1.82) is 0 Å². The summed E-state index contributed by atoms with van der Waals surface area (Å²) < 4.78 is 10.7. The highest BCUT2D eigenvalue weighted by molar-refractivity contribution is 5.79. The predicted molar refractivity (Wildman–Crippen MR) is 121 cm³/mol. The van der Waals surface area contributed by atoms with Gasteiger partial charge in [0.15, 0.2) is 5.96 Å². The molecular weight excluding hydrogens is 380 g/mol. The number of likely N-dealkylation sites (N-methyl/N-ethyl adjacent to an activating group) is 1. The highest BCUT2D eigenvalue weighted by atomic mass is 16.5. The van der Waals surface area contributed by atoms with E-state index in [4.69, 9.17) is 9.47 Å². The predicted octanol–water partition coefficient (Wildman–Crippen LogP) is 1.72. The highest BCUT2D eigenvalue weighted by Crippen LogP contribution is 2.24. The van der Waals surface area contributed by atoms with Crippen LogP contribution < -0.4 is 25.0 Å². The summed E-state index contributed by atoms with van der Waals surface area (Å²) >= 11 is 0. The first kappa shape index (κ1) is 21.7. The number of anilines is 1. The first-order valence-corrected chi connectivity index (χ1v) is 10.2. The Morgan fingerprint density at radius 3 is 2.50 bits per heavy atom. The Morgan fingerprint density at radius 2 is 1.80 bits per heavy atom. The average Bonchev–Trinajstić information content (AvgIpc) is 2.79. The number of aromatic nitrogens is 1. The number of pyridine rings is 1. The summed E-state index contributed by atoms with van der Waals surface area (Å²) in [5, 5.41) is 6.71. The zero-order valence-corrected chi connectivity index (χ0v) is 18.3. The van der Waals surface area contributed by atoms with Gasteiger partial charge in [-0.15, -0.1) is 0 Å². The molecule has 1 saturated heterocycles. The zero-order valence-electron chi connectivity index (χ0n) is 18.3. The Balaban J connectivity index is 1.55. The number of methoxy groups -OCH3 is 2. The Kier molecular flexibility index (Phi) is 7.73. The van der Waals surface area contributed by atoms with E-state index in [1.165, 1.54) is 5.56 Å². The van der Waals surface area contributed by atoms with E-state index in [0.717, 1.165) is 55.0 Å². The fourth-order valence-electron chi connectivity index (χ4n) is 3.36.